The lowest BCUT2D eigenvalue weighted by atomic mass is 9.82. The molecule has 2 heterocycles. The molecule has 1 saturated heterocycles. The highest BCUT2D eigenvalue weighted by Gasteiger charge is 2.31. The molecule has 3 N–H and O–H groups in total. The lowest BCUT2D eigenvalue weighted by Gasteiger charge is -2.25. The van der Waals surface area contributed by atoms with Gasteiger partial charge in [-0.2, -0.15) is 0 Å². The molecule has 0 radical (unpaired) electrons. The van der Waals surface area contributed by atoms with E-state index in [9.17, 15) is 9.59 Å². The van der Waals surface area contributed by atoms with Gasteiger partial charge in [-0.25, -0.2) is 0 Å². The topological polar surface area (TPSA) is 79.5 Å². The number of carbonyl (C=O) groups is 2. The van der Waals surface area contributed by atoms with Gasteiger partial charge in [0.25, 0.3) is 5.91 Å². The molecule has 0 saturated carbocycles. The van der Waals surface area contributed by atoms with Gasteiger partial charge in [-0.3, -0.25) is 9.59 Å². The van der Waals surface area contributed by atoms with Crippen LogP contribution in [-0.2, 0) is 11.3 Å². The molecule has 0 unspecified atom stereocenters. The van der Waals surface area contributed by atoms with E-state index in [1.165, 1.54) is 0 Å². The molecular formula is C22H25N3O3. The smallest absolute Gasteiger partial charge is 0.251 e. The fourth-order valence-corrected chi connectivity index (χ4v) is 4.13. The molecule has 1 fully saturated rings. The van der Waals surface area contributed by atoms with Crippen molar-refractivity contribution in [3.05, 3.63) is 59.2 Å². The first-order chi connectivity index (χ1) is 13.7. The first-order valence-corrected chi connectivity index (χ1v) is 9.72. The zero-order chi connectivity index (χ0) is 19.5. The third-order valence-electron chi connectivity index (χ3n) is 5.69. The van der Waals surface area contributed by atoms with Crippen LogP contribution in [0.5, 0.6) is 5.75 Å². The Balaban J connectivity index is 1.54. The highest BCUT2D eigenvalue weighted by Crippen LogP contribution is 2.34. The van der Waals surface area contributed by atoms with E-state index in [1.807, 2.05) is 24.3 Å². The Bertz CT molecular complexity index is 879. The summed E-state index contributed by atoms with van der Waals surface area (Å²) < 4.78 is 5.26. The number of ether oxygens (including phenoxy) is 1. The van der Waals surface area contributed by atoms with Crippen LogP contribution in [0.1, 0.15) is 40.2 Å². The van der Waals surface area contributed by atoms with Gasteiger partial charge in [-0.15, -0.1) is 0 Å². The van der Waals surface area contributed by atoms with Crippen LogP contribution in [0.2, 0.25) is 0 Å². The van der Waals surface area contributed by atoms with Gasteiger partial charge in [0, 0.05) is 23.7 Å². The van der Waals surface area contributed by atoms with Gasteiger partial charge < -0.3 is 20.7 Å². The summed E-state index contributed by atoms with van der Waals surface area (Å²) in [5, 5.41) is 9.25. The maximum Gasteiger partial charge on any atom is 0.251 e. The first-order valence-electron chi connectivity index (χ1n) is 9.72. The Kier molecular flexibility index (Phi) is 5.30. The van der Waals surface area contributed by atoms with Gasteiger partial charge in [0.05, 0.1) is 7.11 Å². The predicted molar refractivity (Wildman–Crippen MR) is 108 cm³/mol. The second kappa shape index (κ2) is 8.02. The molecule has 2 aromatic rings. The number of fused-ring (bicyclic) bond motifs is 1. The molecule has 0 aromatic heterocycles. The van der Waals surface area contributed by atoms with Crippen LogP contribution in [0.4, 0.5) is 5.69 Å². The molecule has 0 aliphatic carbocycles. The first kappa shape index (κ1) is 18.5. The molecule has 0 spiro atoms. The largest absolute Gasteiger partial charge is 0.497 e. The van der Waals surface area contributed by atoms with Gasteiger partial charge in [-0.05, 0) is 67.2 Å². The number of carbonyl (C=O) groups excluding carboxylic acids is 2. The van der Waals surface area contributed by atoms with Crippen molar-refractivity contribution >= 4 is 17.5 Å². The number of hydrogen-bond acceptors (Lipinski definition) is 4. The Morgan fingerprint density at radius 3 is 2.68 bits per heavy atom. The Hall–Kier alpha value is -2.86. The maximum absolute atomic E-state index is 13.1. The SMILES string of the molecule is COc1ccc([C@@H]2CCNCC[C@H]2C(=O)Nc2ccc3c(c2)C(=O)NC3)cc1. The molecular weight excluding hydrogens is 354 g/mol. The van der Waals surface area contributed by atoms with Crippen molar-refractivity contribution in [2.24, 2.45) is 5.92 Å². The second-order valence-electron chi connectivity index (χ2n) is 7.36. The number of benzene rings is 2. The normalized spacial score (nSPS) is 21.4. The predicted octanol–water partition coefficient (Wildman–Crippen LogP) is 2.66. The molecule has 4 rings (SSSR count). The summed E-state index contributed by atoms with van der Waals surface area (Å²) in [7, 11) is 1.65. The van der Waals surface area contributed by atoms with E-state index in [1.54, 1.807) is 13.2 Å². The summed E-state index contributed by atoms with van der Waals surface area (Å²) in [6.07, 6.45) is 1.67. The zero-order valence-electron chi connectivity index (χ0n) is 16.0. The summed E-state index contributed by atoms with van der Waals surface area (Å²) in [6, 6.07) is 13.5. The van der Waals surface area contributed by atoms with Crippen molar-refractivity contribution in [1.29, 1.82) is 0 Å². The van der Waals surface area contributed by atoms with Crippen molar-refractivity contribution < 1.29 is 14.3 Å². The average Bonchev–Trinajstić information content (AvgIpc) is 2.93. The van der Waals surface area contributed by atoms with E-state index in [4.69, 9.17) is 4.74 Å². The van der Waals surface area contributed by atoms with Gasteiger partial charge >= 0.3 is 0 Å². The van der Waals surface area contributed by atoms with Gasteiger partial charge in [0.1, 0.15) is 5.75 Å². The summed E-state index contributed by atoms with van der Waals surface area (Å²) in [5.74, 6) is 0.737. The summed E-state index contributed by atoms with van der Waals surface area (Å²) >= 11 is 0. The van der Waals surface area contributed by atoms with E-state index in [-0.39, 0.29) is 23.7 Å². The van der Waals surface area contributed by atoms with Crippen LogP contribution >= 0.6 is 0 Å². The van der Waals surface area contributed by atoms with Crippen LogP contribution in [0.25, 0.3) is 0 Å². The molecule has 2 atom stereocenters. The fraction of sp³-hybridized carbons (Fsp3) is 0.364. The number of methoxy groups -OCH3 is 1. The van der Waals surface area contributed by atoms with Crippen LogP contribution < -0.4 is 20.7 Å². The molecule has 0 bridgehead atoms. The van der Waals surface area contributed by atoms with E-state index in [0.29, 0.717) is 17.8 Å². The van der Waals surface area contributed by atoms with Gasteiger partial charge in [0.15, 0.2) is 0 Å². The minimum Gasteiger partial charge on any atom is -0.497 e. The summed E-state index contributed by atoms with van der Waals surface area (Å²) in [6.45, 7) is 2.26. The number of amides is 2. The zero-order valence-corrected chi connectivity index (χ0v) is 16.0. The fourth-order valence-electron chi connectivity index (χ4n) is 4.13. The van der Waals surface area contributed by atoms with E-state index < -0.39 is 0 Å². The Morgan fingerprint density at radius 2 is 1.89 bits per heavy atom. The molecule has 28 heavy (non-hydrogen) atoms. The van der Waals surface area contributed by atoms with Gasteiger partial charge in [-0.1, -0.05) is 18.2 Å². The molecule has 6 heteroatoms. The molecule has 2 amide bonds. The van der Waals surface area contributed by atoms with Crippen LogP contribution in [0.3, 0.4) is 0 Å². The van der Waals surface area contributed by atoms with Crippen molar-refractivity contribution in [3.63, 3.8) is 0 Å². The number of rotatable bonds is 4. The van der Waals surface area contributed by atoms with Crippen molar-refractivity contribution in [2.75, 3.05) is 25.5 Å². The highest BCUT2D eigenvalue weighted by atomic mass is 16.5. The third-order valence-corrected chi connectivity index (χ3v) is 5.69. The molecule has 2 aliphatic heterocycles. The minimum absolute atomic E-state index is 0.00266. The summed E-state index contributed by atoms with van der Waals surface area (Å²) in [5.41, 5.74) is 3.44. The van der Waals surface area contributed by atoms with E-state index in [0.717, 1.165) is 42.8 Å². The molecule has 2 aliphatic rings. The lowest BCUT2D eigenvalue weighted by Crippen LogP contribution is -2.28. The number of nitrogens with one attached hydrogen (secondary N) is 3. The highest BCUT2D eigenvalue weighted by molar-refractivity contribution is 6.00. The molecule has 2 aromatic carbocycles. The second-order valence-corrected chi connectivity index (χ2v) is 7.36. The molecule has 146 valence electrons. The maximum atomic E-state index is 13.1. The van der Waals surface area contributed by atoms with E-state index >= 15 is 0 Å². The monoisotopic (exact) mass is 379 g/mol. The van der Waals surface area contributed by atoms with Crippen LogP contribution in [0.15, 0.2) is 42.5 Å². The Labute approximate surface area is 164 Å². The van der Waals surface area contributed by atoms with E-state index in [2.05, 4.69) is 28.1 Å². The standard InChI is InChI=1S/C22H25N3O3/c1-28-17-6-3-14(4-7-17)18-8-10-23-11-9-19(18)22(27)25-16-5-2-15-13-24-21(26)20(15)12-16/h2-7,12,18-19,23H,8-11,13H2,1H3,(H,24,26)(H,25,27)/t18-,19+/m0/s1. The van der Waals surface area contributed by atoms with Crippen LogP contribution in [-0.4, -0.2) is 32.0 Å². The Morgan fingerprint density at radius 1 is 1.11 bits per heavy atom. The number of hydrogen-bond donors (Lipinski definition) is 3. The minimum atomic E-state index is -0.134. The van der Waals surface area contributed by atoms with Gasteiger partial charge in [0.2, 0.25) is 5.91 Å². The quantitative estimate of drug-likeness (QED) is 0.763. The average molecular weight is 379 g/mol. The van der Waals surface area contributed by atoms with Crippen molar-refractivity contribution in [1.82, 2.24) is 10.6 Å². The summed E-state index contributed by atoms with van der Waals surface area (Å²) in [4.78, 5) is 25.0. The third kappa shape index (κ3) is 3.73. The van der Waals surface area contributed by atoms with Crippen molar-refractivity contribution in [2.45, 2.75) is 25.3 Å². The van der Waals surface area contributed by atoms with Crippen LogP contribution in [0, 0.1) is 5.92 Å². The lowest BCUT2D eigenvalue weighted by molar-refractivity contribution is -0.120. The number of anilines is 1. The molecule has 6 nitrogen and oxygen atoms in total. The van der Waals surface area contributed by atoms with Crippen molar-refractivity contribution in [3.8, 4) is 5.75 Å².